The smallest absolute Gasteiger partial charge is 0.287 e. The van der Waals surface area contributed by atoms with Crippen LogP contribution in [-0.4, -0.2) is 17.9 Å². The van der Waals surface area contributed by atoms with Crippen LogP contribution in [0, 0.1) is 13.8 Å². The number of benzene rings is 1. The number of nitrogens with one attached hydrogen (secondary N) is 2. The van der Waals surface area contributed by atoms with Crippen molar-refractivity contribution in [1.29, 1.82) is 0 Å². The highest BCUT2D eigenvalue weighted by Gasteiger charge is 2.25. The van der Waals surface area contributed by atoms with Gasteiger partial charge in [-0.05, 0) is 50.1 Å². The highest BCUT2D eigenvalue weighted by atomic mass is 32.1. The van der Waals surface area contributed by atoms with Crippen LogP contribution in [0.4, 0.5) is 0 Å². The van der Waals surface area contributed by atoms with Gasteiger partial charge < -0.3 is 15.1 Å². The van der Waals surface area contributed by atoms with Crippen molar-refractivity contribution in [1.82, 2.24) is 10.6 Å². The van der Waals surface area contributed by atoms with Gasteiger partial charge in [-0.3, -0.25) is 9.59 Å². The maximum absolute atomic E-state index is 13.0. The molecule has 5 nitrogen and oxygen atoms in total. The van der Waals surface area contributed by atoms with E-state index in [0.29, 0.717) is 6.42 Å². The molecule has 0 fully saturated rings. The second-order valence-corrected chi connectivity index (χ2v) is 8.25. The molecule has 0 saturated carbocycles. The van der Waals surface area contributed by atoms with Crippen LogP contribution in [0.15, 0.2) is 59.2 Å². The molecule has 0 aliphatic heterocycles. The van der Waals surface area contributed by atoms with Crippen LogP contribution >= 0.6 is 11.3 Å². The van der Waals surface area contributed by atoms with Gasteiger partial charge in [-0.25, -0.2) is 0 Å². The predicted molar refractivity (Wildman–Crippen MR) is 110 cm³/mol. The van der Waals surface area contributed by atoms with Gasteiger partial charge in [0.15, 0.2) is 5.76 Å². The van der Waals surface area contributed by atoms with Crippen LogP contribution in [0.5, 0.6) is 0 Å². The standard InChI is InChI=1S/C22H24N2O3S/c1-14-12-18(16(3)28-14)15(2)23-21(25)19(13-17-8-5-4-6-9-17)24-22(26)20-10-7-11-27-20/h4-12,15,19H,13H2,1-3H3,(H,23,25)(H,24,26)/t15-,19-/m1/s1. The fraction of sp³-hybridized carbons (Fsp3) is 0.273. The average molecular weight is 397 g/mol. The third-order valence-electron chi connectivity index (χ3n) is 4.55. The number of hydrogen-bond donors (Lipinski definition) is 2. The summed E-state index contributed by atoms with van der Waals surface area (Å²) in [7, 11) is 0. The summed E-state index contributed by atoms with van der Waals surface area (Å²) >= 11 is 1.71. The largest absolute Gasteiger partial charge is 0.459 e. The van der Waals surface area contributed by atoms with Gasteiger partial charge in [0.05, 0.1) is 12.3 Å². The van der Waals surface area contributed by atoms with Crippen molar-refractivity contribution in [3.63, 3.8) is 0 Å². The Morgan fingerprint density at radius 2 is 1.82 bits per heavy atom. The molecule has 2 heterocycles. The summed E-state index contributed by atoms with van der Waals surface area (Å²) in [4.78, 5) is 27.8. The van der Waals surface area contributed by atoms with Crippen molar-refractivity contribution in [2.75, 3.05) is 0 Å². The van der Waals surface area contributed by atoms with Gasteiger partial charge in [0.25, 0.3) is 5.91 Å². The van der Waals surface area contributed by atoms with Gasteiger partial charge in [0.2, 0.25) is 5.91 Å². The lowest BCUT2D eigenvalue weighted by molar-refractivity contribution is -0.123. The lowest BCUT2D eigenvalue weighted by Crippen LogP contribution is -2.48. The van der Waals surface area contributed by atoms with E-state index in [4.69, 9.17) is 4.42 Å². The molecule has 2 amide bonds. The van der Waals surface area contributed by atoms with E-state index in [1.165, 1.54) is 16.0 Å². The Hall–Kier alpha value is -2.86. The fourth-order valence-corrected chi connectivity index (χ4v) is 4.19. The van der Waals surface area contributed by atoms with E-state index in [1.54, 1.807) is 23.5 Å². The molecule has 0 spiro atoms. The van der Waals surface area contributed by atoms with Crippen molar-refractivity contribution < 1.29 is 14.0 Å². The van der Waals surface area contributed by atoms with Crippen molar-refractivity contribution >= 4 is 23.2 Å². The zero-order valence-electron chi connectivity index (χ0n) is 16.2. The SMILES string of the molecule is Cc1cc([C@@H](C)NC(=O)[C@@H](Cc2ccccc2)NC(=O)c2ccco2)c(C)s1. The maximum Gasteiger partial charge on any atom is 0.287 e. The summed E-state index contributed by atoms with van der Waals surface area (Å²) in [6, 6.07) is 14.1. The monoisotopic (exact) mass is 396 g/mol. The molecular weight excluding hydrogens is 372 g/mol. The third-order valence-corrected chi connectivity index (χ3v) is 5.54. The first-order valence-electron chi connectivity index (χ1n) is 9.19. The molecule has 6 heteroatoms. The number of thiophene rings is 1. The molecule has 2 aromatic heterocycles. The van der Waals surface area contributed by atoms with Crippen LogP contribution in [0.3, 0.4) is 0 Å². The molecule has 1 aromatic carbocycles. The number of aryl methyl sites for hydroxylation is 2. The molecule has 3 rings (SSSR count). The van der Waals surface area contributed by atoms with Crippen molar-refractivity contribution in [3.05, 3.63) is 81.4 Å². The number of rotatable bonds is 7. The minimum absolute atomic E-state index is 0.142. The molecule has 2 N–H and O–H groups in total. The zero-order chi connectivity index (χ0) is 20.1. The Bertz CT molecular complexity index is 932. The third kappa shape index (κ3) is 4.89. The second kappa shape index (κ2) is 8.89. The quantitative estimate of drug-likeness (QED) is 0.629. The molecule has 3 aromatic rings. The van der Waals surface area contributed by atoms with Crippen LogP contribution in [-0.2, 0) is 11.2 Å². The molecule has 28 heavy (non-hydrogen) atoms. The number of hydrogen-bond acceptors (Lipinski definition) is 4. The topological polar surface area (TPSA) is 71.3 Å². The lowest BCUT2D eigenvalue weighted by Gasteiger charge is -2.21. The van der Waals surface area contributed by atoms with E-state index >= 15 is 0 Å². The second-order valence-electron chi connectivity index (χ2n) is 6.79. The normalized spacial score (nSPS) is 13.0. The number of furan rings is 1. The van der Waals surface area contributed by atoms with Crippen LogP contribution in [0.2, 0.25) is 0 Å². The first kappa shape index (κ1) is 19.9. The van der Waals surface area contributed by atoms with E-state index in [0.717, 1.165) is 11.1 Å². The van der Waals surface area contributed by atoms with Gasteiger partial charge in [-0.2, -0.15) is 0 Å². The first-order chi connectivity index (χ1) is 13.4. The van der Waals surface area contributed by atoms with Crippen LogP contribution < -0.4 is 10.6 Å². The summed E-state index contributed by atoms with van der Waals surface area (Å²) in [6.45, 7) is 6.06. The summed E-state index contributed by atoms with van der Waals surface area (Å²) in [6.07, 6.45) is 1.83. The summed E-state index contributed by atoms with van der Waals surface area (Å²) < 4.78 is 5.15. The Morgan fingerprint density at radius 3 is 2.43 bits per heavy atom. The minimum Gasteiger partial charge on any atom is -0.459 e. The highest BCUT2D eigenvalue weighted by molar-refractivity contribution is 7.12. The van der Waals surface area contributed by atoms with Crippen LogP contribution in [0.1, 0.15) is 44.4 Å². The lowest BCUT2D eigenvalue weighted by atomic mass is 10.0. The van der Waals surface area contributed by atoms with Crippen molar-refractivity contribution in [2.24, 2.45) is 0 Å². The average Bonchev–Trinajstić information content (AvgIpc) is 3.31. The molecule has 0 aliphatic rings. The number of carbonyl (C=O) groups is 2. The Kier molecular flexibility index (Phi) is 6.31. The van der Waals surface area contributed by atoms with E-state index in [-0.39, 0.29) is 17.7 Å². The Balaban J connectivity index is 1.75. The number of amides is 2. The molecular formula is C22H24N2O3S. The van der Waals surface area contributed by atoms with E-state index in [2.05, 4.69) is 30.5 Å². The first-order valence-corrected chi connectivity index (χ1v) is 10.0. The minimum atomic E-state index is -0.706. The predicted octanol–water partition coefficient (Wildman–Crippen LogP) is 4.18. The molecule has 0 bridgehead atoms. The molecule has 0 radical (unpaired) electrons. The van der Waals surface area contributed by atoms with Crippen LogP contribution in [0.25, 0.3) is 0 Å². The highest BCUT2D eigenvalue weighted by Crippen LogP contribution is 2.26. The molecule has 0 saturated heterocycles. The molecule has 0 unspecified atom stereocenters. The summed E-state index contributed by atoms with van der Waals surface area (Å²) in [5.74, 6) is -0.445. The molecule has 146 valence electrons. The zero-order valence-corrected chi connectivity index (χ0v) is 17.0. The Morgan fingerprint density at radius 1 is 1.07 bits per heavy atom. The Labute approximate surface area is 168 Å². The van der Waals surface area contributed by atoms with Crippen molar-refractivity contribution in [3.8, 4) is 0 Å². The fourth-order valence-electron chi connectivity index (χ4n) is 3.17. The van der Waals surface area contributed by atoms with E-state index in [1.807, 2.05) is 37.3 Å². The van der Waals surface area contributed by atoms with Gasteiger partial charge in [-0.1, -0.05) is 30.3 Å². The summed E-state index contributed by atoms with van der Waals surface area (Å²) in [5, 5.41) is 5.85. The van der Waals surface area contributed by atoms with Gasteiger partial charge in [0, 0.05) is 16.2 Å². The van der Waals surface area contributed by atoms with Gasteiger partial charge in [0.1, 0.15) is 6.04 Å². The summed E-state index contributed by atoms with van der Waals surface area (Å²) in [5.41, 5.74) is 2.07. The van der Waals surface area contributed by atoms with Crippen molar-refractivity contribution in [2.45, 2.75) is 39.3 Å². The molecule has 2 atom stereocenters. The van der Waals surface area contributed by atoms with E-state index < -0.39 is 11.9 Å². The van der Waals surface area contributed by atoms with Gasteiger partial charge >= 0.3 is 0 Å². The molecule has 0 aliphatic carbocycles. The number of carbonyl (C=O) groups excluding carboxylic acids is 2. The van der Waals surface area contributed by atoms with E-state index in [9.17, 15) is 9.59 Å². The maximum atomic E-state index is 13.0. The van der Waals surface area contributed by atoms with Gasteiger partial charge in [-0.15, -0.1) is 11.3 Å².